The van der Waals surface area contributed by atoms with Crippen LogP contribution in [0.15, 0.2) is 60.2 Å². The first kappa shape index (κ1) is 21.5. The summed E-state index contributed by atoms with van der Waals surface area (Å²) in [6, 6.07) is 13.7. The predicted molar refractivity (Wildman–Crippen MR) is 124 cm³/mol. The average Bonchev–Trinajstić information content (AvgIpc) is 3.03. The highest BCUT2D eigenvalue weighted by Crippen LogP contribution is 2.29. The molecule has 0 unspecified atom stereocenters. The van der Waals surface area contributed by atoms with Gasteiger partial charge < -0.3 is 14.4 Å². The number of carbonyl (C=O) groups excluding carboxylic acids is 1. The van der Waals surface area contributed by atoms with Gasteiger partial charge in [0.25, 0.3) is 0 Å². The van der Waals surface area contributed by atoms with E-state index in [0.717, 1.165) is 61.8 Å². The van der Waals surface area contributed by atoms with Gasteiger partial charge in [-0.25, -0.2) is 0 Å². The van der Waals surface area contributed by atoms with Gasteiger partial charge in [-0.1, -0.05) is 29.8 Å². The first-order valence-corrected chi connectivity index (χ1v) is 10.9. The number of fused-ring (bicyclic) bond motifs is 1. The SMILES string of the molecule is COc1ccc(CN2CCCN(C(=O)/C=C/C3=Cc4cc(Cl)ccc4OC3)CC2)cc1. The summed E-state index contributed by atoms with van der Waals surface area (Å²) in [4.78, 5) is 17.1. The lowest BCUT2D eigenvalue weighted by Gasteiger charge is -2.21. The zero-order chi connectivity index (χ0) is 21.6. The molecule has 2 aliphatic heterocycles. The van der Waals surface area contributed by atoms with Gasteiger partial charge in [0.1, 0.15) is 18.1 Å². The van der Waals surface area contributed by atoms with E-state index < -0.39 is 0 Å². The van der Waals surface area contributed by atoms with E-state index in [9.17, 15) is 4.79 Å². The summed E-state index contributed by atoms with van der Waals surface area (Å²) < 4.78 is 11.0. The van der Waals surface area contributed by atoms with Crippen molar-refractivity contribution in [3.05, 3.63) is 76.3 Å². The fraction of sp³-hybridized carbons (Fsp3) is 0.320. The first-order valence-electron chi connectivity index (χ1n) is 10.6. The fourth-order valence-electron chi connectivity index (χ4n) is 3.88. The van der Waals surface area contributed by atoms with Crippen molar-refractivity contribution < 1.29 is 14.3 Å². The number of methoxy groups -OCH3 is 1. The lowest BCUT2D eigenvalue weighted by molar-refractivity contribution is -0.125. The summed E-state index contributed by atoms with van der Waals surface area (Å²) in [6.07, 6.45) is 6.50. The van der Waals surface area contributed by atoms with Crippen LogP contribution in [-0.2, 0) is 11.3 Å². The Morgan fingerprint density at radius 1 is 1.13 bits per heavy atom. The Kier molecular flexibility index (Phi) is 6.95. The molecule has 2 heterocycles. The molecule has 2 aromatic rings. The zero-order valence-corrected chi connectivity index (χ0v) is 18.5. The van der Waals surface area contributed by atoms with Crippen LogP contribution in [0.25, 0.3) is 6.08 Å². The van der Waals surface area contributed by atoms with Gasteiger partial charge in [-0.15, -0.1) is 0 Å². The first-order chi connectivity index (χ1) is 15.1. The van der Waals surface area contributed by atoms with Crippen molar-refractivity contribution in [3.8, 4) is 11.5 Å². The molecule has 0 aromatic heterocycles. The monoisotopic (exact) mass is 438 g/mol. The van der Waals surface area contributed by atoms with E-state index in [0.29, 0.717) is 11.6 Å². The molecule has 2 aromatic carbocycles. The highest BCUT2D eigenvalue weighted by molar-refractivity contribution is 6.30. The Morgan fingerprint density at radius 3 is 2.77 bits per heavy atom. The molecule has 5 nitrogen and oxygen atoms in total. The summed E-state index contributed by atoms with van der Waals surface area (Å²) in [5, 5.41) is 0.670. The van der Waals surface area contributed by atoms with Gasteiger partial charge in [0.15, 0.2) is 0 Å². The van der Waals surface area contributed by atoms with Gasteiger partial charge in [0, 0.05) is 49.4 Å². The molecule has 4 rings (SSSR count). The number of ether oxygens (including phenoxy) is 2. The second-order valence-corrected chi connectivity index (χ2v) is 8.26. The second-order valence-electron chi connectivity index (χ2n) is 7.83. The molecule has 1 fully saturated rings. The number of halogens is 1. The Morgan fingerprint density at radius 2 is 1.97 bits per heavy atom. The maximum absolute atomic E-state index is 12.7. The van der Waals surface area contributed by atoms with Gasteiger partial charge in [-0.05, 0) is 54.0 Å². The van der Waals surface area contributed by atoms with Crippen LogP contribution in [0.4, 0.5) is 0 Å². The number of amides is 1. The molecule has 0 radical (unpaired) electrons. The number of rotatable bonds is 5. The number of hydrogen-bond acceptors (Lipinski definition) is 4. The van der Waals surface area contributed by atoms with Crippen molar-refractivity contribution in [2.45, 2.75) is 13.0 Å². The van der Waals surface area contributed by atoms with Crippen molar-refractivity contribution in [2.75, 3.05) is 39.9 Å². The number of hydrogen-bond donors (Lipinski definition) is 0. The molecule has 0 N–H and O–H groups in total. The van der Waals surface area contributed by atoms with Gasteiger partial charge in [0.05, 0.1) is 7.11 Å². The summed E-state index contributed by atoms with van der Waals surface area (Å²) in [5.74, 6) is 1.73. The van der Waals surface area contributed by atoms with Gasteiger partial charge in [-0.2, -0.15) is 0 Å². The van der Waals surface area contributed by atoms with Crippen molar-refractivity contribution in [3.63, 3.8) is 0 Å². The minimum absolute atomic E-state index is 0.0455. The van der Waals surface area contributed by atoms with Crippen molar-refractivity contribution in [1.82, 2.24) is 9.80 Å². The molecule has 6 heteroatoms. The Labute approximate surface area is 188 Å². The van der Waals surface area contributed by atoms with Crippen LogP contribution in [0.3, 0.4) is 0 Å². The molecule has 162 valence electrons. The summed E-state index contributed by atoms with van der Waals surface area (Å²) >= 11 is 6.07. The van der Waals surface area contributed by atoms with Crippen LogP contribution in [0.5, 0.6) is 11.5 Å². The van der Waals surface area contributed by atoms with Gasteiger partial charge >= 0.3 is 0 Å². The molecule has 0 bridgehead atoms. The lowest BCUT2D eigenvalue weighted by Crippen LogP contribution is -2.34. The molecular formula is C25H27ClN2O3. The number of benzene rings is 2. The normalized spacial score (nSPS) is 17.0. The highest BCUT2D eigenvalue weighted by atomic mass is 35.5. The quantitative estimate of drug-likeness (QED) is 0.648. The van der Waals surface area contributed by atoms with Crippen molar-refractivity contribution >= 4 is 23.6 Å². The molecule has 0 atom stereocenters. The van der Waals surface area contributed by atoms with Crippen LogP contribution < -0.4 is 9.47 Å². The fourth-order valence-corrected chi connectivity index (χ4v) is 4.07. The number of nitrogens with zero attached hydrogens (tertiary/aromatic N) is 2. The van der Waals surface area contributed by atoms with Crippen molar-refractivity contribution in [1.29, 1.82) is 0 Å². The van der Waals surface area contributed by atoms with Crippen LogP contribution in [0.2, 0.25) is 5.02 Å². The van der Waals surface area contributed by atoms with E-state index in [1.165, 1.54) is 5.56 Å². The molecule has 0 spiro atoms. The maximum atomic E-state index is 12.7. The average molecular weight is 439 g/mol. The second kappa shape index (κ2) is 10.0. The Balaban J connectivity index is 1.32. The minimum atomic E-state index is 0.0455. The lowest BCUT2D eigenvalue weighted by atomic mass is 10.1. The van der Waals surface area contributed by atoms with Crippen LogP contribution in [0, 0.1) is 0 Å². The largest absolute Gasteiger partial charge is 0.497 e. The highest BCUT2D eigenvalue weighted by Gasteiger charge is 2.18. The molecule has 0 saturated carbocycles. The maximum Gasteiger partial charge on any atom is 0.246 e. The van der Waals surface area contributed by atoms with E-state index in [-0.39, 0.29) is 5.91 Å². The van der Waals surface area contributed by atoms with E-state index in [2.05, 4.69) is 17.0 Å². The van der Waals surface area contributed by atoms with E-state index in [1.807, 2.05) is 47.4 Å². The van der Waals surface area contributed by atoms with Crippen LogP contribution >= 0.6 is 11.6 Å². The minimum Gasteiger partial charge on any atom is -0.497 e. The van der Waals surface area contributed by atoms with E-state index >= 15 is 0 Å². The Hall–Kier alpha value is -2.76. The predicted octanol–water partition coefficient (Wildman–Crippen LogP) is 4.42. The Bertz CT molecular complexity index is 985. The molecule has 1 amide bonds. The van der Waals surface area contributed by atoms with Crippen LogP contribution in [-0.4, -0.2) is 55.6 Å². The van der Waals surface area contributed by atoms with Gasteiger partial charge in [-0.3, -0.25) is 9.69 Å². The molecule has 2 aliphatic rings. The number of carbonyl (C=O) groups is 1. The summed E-state index contributed by atoms with van der Waals surface area (Å²) in [7, 11) is 1.68. The third kappa shape index (κ3) is 5.69. The third-order valence-corrected chi connectivity index (χ3v) is 5.85. The zero-order valence-electron chi connectivity index (χ0n) is 17.7. The summed E-state index contributed by atoms with van der Waals surface area (Å²) in [6.45, 7) is 4.69. The smallest absolute Gasteiger partial charge is 0.246 e. The van der Waals surface area contributed by atoms with E-state index in [4.69, 9.17) is 21.1 Å². The standard InChI is InChI=1S/C25H27ClN2O3/c1-30-23-7-3-19(4-8-23)17-27-11-2-12-28(14-13-27)25(29)10-5-20-15-21-16-22(26)6-9-24(21)31-18-20/h3-10,15-16H,2,11-14,17-18H2,1H3/b10-5+. The van der Waals surface area contributed by atoms with Gasteiger partial charge in [0.2, 0.25) is 5.91 Å². The topological polar surface area (TPSA) is 42.0 Å². The summed E-state index contributed by atoms with van der Waals surface area (Å²) in [5.41, 5.74) is 3.15. The molecule has 31 heavy (non-hydrogen) atoms. The molecule has 1 saturated heterocycles. The molecule has 0 aliphatic carbocycles. The van der Waals surface area contributed by atoms with Crippen molar-refractivity contribution in [2.24, 2.45) is 0 Å². The van der Waals surface area contributed by atoms with Crippen LogP contribution in [0.1, 0.15) is 17.5 Å². The molecular weight excluding hydrogens is 412 g/mol. The third-order valence-electron chi connectivity index (χ3n) is 5.61. The van der Waals surface area contributed by atoms with E-state index in [1.54, 1.807) is 13.2 Å².